The number of H-pyrrole nitrogens is 1. The highest BCUT2D eigenvalue weighted by Crippen LogP contribution is 2.25. The Balaban J connectivity index is 0.00000110. The number of halogens is 3. The lowest BCUT2D eigenvalue weighted by Gasteiger charge is -2.13. The number of aliphatic hydroxyl groups is 1. The molecular formula is C32H33Cl3N4O2. The van der Waals surface area contributed by atoms with Gasteiger partial charge < -0.3 is 15.4 Å². The van der Waals surface area contributed by atoms with Crippen molar-refractivity contribution in [1.29, 1.82) is 0 Å². The molecule has 4 aromatic rings. The molecule has 4 N–H and O–H groups in total. The molecule has 0 saturated carbocycles. The molecule has 3 aromatic carbocycles. The lowest BCUT2D eigenvalue weighted by Crippen LogP contribution is -2.21. The Hall–Kier alpha value is -3.57. The van der Waals surface area contributed by atoms with Crippen LogP contribution in [-0.4, -0.2) is 27.5 Å². The minimum Gasteiger partial charge on any atom is -0.374 e. The summed E-state index contributed by atoms with van der Waals surface area (Å²) in [5, 5.41) is 17.7. The van der Waals surface area contributed by atoms with Crippen molar-refractivity contribution in [2.24, 2.45) is 0 Å². The fourth-order valence-corrected chi connectivity index (χ4v) is 4.11. The third-order valence-electron chi connectivity index (χ3n) is 5.41. The van der Waals surface area contributed by atoms with Crippen LogP contribution in [0, 0.1) is 19.3 Å². The highest BCUT2D eigenvalue weighted by atomic mass is 35.5. The number of benzene rings is 3. The van der Waals surface area contributed by atoms with E-state index < -0.39 is 6.23 Å². The molecule has 1 atom stereocenters. The van der Waals surface area contributed by atoms with Gasteiger partial charge >= 0.3 is 0 Å². The van der Waals surface area contributed by atoms with E-state index in [0.29, 0.717) is 44.3 Å². The van der Waals surface area contributed by atoms with E-state index in [4.69, 9.17) is 34.8 Å². The summed E-state index contributed by atoms with van der Waals surface area (Å²) in [4.78, 5) is 20.3. The molecule has 1 heterocycles. The van der Waals surface area contributed by atoms with Gasteiger partial charge in [0.15, 0.2) is 0 Å². The molecule has 0 saturated heterocycles. The Morgan fingerprint density at radius 3 is 2.27 bits per heavy atom. The molecule has 4 rings (SSSR count). The van der Waals surface area contributed by atoms with Gasteiger partial charge in [0.25, 0.3) is 5.91 Å². The molecule has 6 nitrogen and oxygen atoms in total. The molecule has 9 heteroatoms. The summed E-state index contributed by atoms with van der Waals surface area (Å²) < 4.78 is 0. The van der Waals surface area contributed by atoms with Crippen LogP contribution in [0.5, 0.6) is 0 Å². The predicted molar refractivity (Wildman–Crippen MR) is 172 cm³/mol. The minimum atomic E-state index is -0.922. The van der Waals surface area contributed by atoms with E-state index in [0.717, 1.165) is 17.0 Å². The van der Waals surface area contributed by atoms with Crippen LogP contribution < -0.4 is 10.6 Å². The van der Waals surface area contributed by atoms with E-state index in [-0.39, 0.29) is 5.91 Å². The molecule has 0 aliphatic carbocycles. The molecule has 0 radical (unpaired) electrons. The summed E-state index contributed by atoms with van der Waals surface area (Å²) in [5.41, 5.74) is 4.33. The van der Waals surface area contributed by atoms with E-state index in [2.05, 4.69) is 32.9 Å². The van der Waals surface area contributed by atoms with Crippen LogP contribution in [0.3, 0.4) is 0 Å². The number of carbonyl (C=O) groups is 1. The summed E-state index contributed by atoms with van der Waals surface area (Å²) in [6.45, 7) is 8.00. The number of terminal acetylenes is 1. The fraction of sp³-hybridized carbons (Fsp3) is 0.188. The number of aryl methyl sites for hydroxylation is 1. The summed E-state index contributed by atoms with van der Waals surface area (Å²) >= 11 is 17.9. The smallest absolute Gasteiger partial charge is 0.255 e. The van der Waals surface area contributed by atoms with Crippen molar-refractivity contribution in [3.05, 3.63) is 110 Å². The van der Waals surface area contributed by atoms with Crippen molar-refractivity contribution >= 4 is 52.5 Å². The number of amides is 1. The van der Waals surface area contributed by atoms with E-state index >= 15 is 0 Å². The molecule has 1 aromatic heterocycles. The van der Waals surface area contributed by atoms with E-state index in [9.17, 15) is 9.90 Å². The number of aromatic amines is 1. The summed E-state index contributed by atoms with van der Waals surface area (Å²) in [6.07, 6.45) is 7.42. The van der Waals surface area contributed by atoms with Gasteiger partial charge in [-0.15, -0.1) is 12.3 Å². The first-order valence-electron chi connectivity index (χ1n) is 12.9. The van der Waals surface area contributed by atoms with Gasteiger partial charge in [-0.1, -0.05) is 60.8 Å². The largest absolute Gasteiger partial charge is 0.374 e. The van der Waals surface area contributed by atoms with Crippen LogP contribution in [0.4, 0.5) is 5.69 Å². The van der Waals surface area contributed by atoms with Crippen LogP contribution in [-0.2, 0) is 0 Å². The number of aliphatic hydroxyl groups excluding tert-OH is 1. The molecule has 214 valence electrons. The third-order valence-corrected chi connectivity index (χ3v) is 6.22. The zero-order valence-electron chi connectivity index (χ0n) is 23.3. The lowest BCUT2D eigenvalue weighted by molar-refractivity contribution is 0.102. The molecular weight excluding hydrogens is 579 g/mol. The van der Waals surface area contributed by atoms with Gasteiger partial charge in [0.1, 0.15) is 12.1 Å². The van der Waals surface area contributed by atoms with Crippen molar-refractivity contribution in [2.45, 2.75) is 33.9 Å². The molecule has 1 amide bonds. The number of hydrogen-bond acceptors (Lipinski definition) is 4. The van der Waals surface area contributed by atoms with Gasteiger partial charge in [-0.3, -0.25) is 10.1 Å². The standard InChI is InChI=1S/C27H23Cl3N4O2.C3H4.C2H6/c1-16-24(3-2-14-31-27(36)22-13-10-20(29)15-23(22)30)34-25(32-16)17-6-11-21(12-7-17)33-26(35)18-4-8-19(28)9-5-18;1-3-2;1-2/h2-13,15,27,31,36H,14H2,1H3,(H,32,34)(H,33,35);1H,2H3;1-2H3/b3-2-;;. The Kier molecular flexibility index (Phi) is 14.2. The number of nitrogens with zero attached hydrogens (tertiary/aromatic N) is 1. The molecule has 0 aliphatic rings. The Morgan fingerprint density at radius 1 is 1.05 bits per heavy atom. The Bertz CT molecular complexity index is 1470. The zero-order chi connectivity index (χ0) is 30.4. The normalized spacial score (nSPS) is 11.0. The fourth-order valence-electron chi connectivity index (χ4n) is 3.47. The second-order valence-corrected chi connectivity index (χ2v) is 9.58. The van der Waals surface area contributed by atoms with E-state index in [1.54, 1.807) is 49.4 Å². The van der Waals surface area contributed by atoms with E-state index in [1.807, 2.05) is 57.2 Å². The monoisotopic (exact) mass is 610 g/mol. The summed E-state index contributed by atoms with van der Waals surface area (Å²) in [5.74, 6) is 2.75. The van der Waals surface area contributed by atoms with Crippen molar-refractivity contribution < 1.29 is 9.90 Å². The van der Waals surface area contributed by atoms with Gasteiger partial charge in [0.2, 0.25) is 0 Å². The first kappa shape index (κ1) is 33.6. The third kappa shape index (κ3) is 10.4. The van der Waals surface area contributed by atoms with Crippen LogP contribution >= 0.6 is 34.8 Å². The van der Waals surface area contributed by atoms with Crippen LogP contribution in [0.25, 0.3) is 17.5 Å². The molecule has 0 spiro atoms. The number of hydrogen-bond donors (Lipinski definition) is 4. The average Bonchev–Trinajstić information content (AvgIpc) is 3.33. The molecule has 0 fully saturated rings. The van der Waals surface area contributed by atoms with Crippen LogP contribution in [0.1, 0.15) is 54.3 Å². The number of nitrogens with one attached hydrogen (secondary N) is 3. The number of aromatic nitrogens is 2. The number of anilines is 1. The molecule has 41 heavy (non-hydrogen) atoms. The molecule has 1 unspecified atom stereocenters. The van der Waals surface area contributed by atoms with Gasteiger partial charge in [0.05, 0.1) is 5.69 Å². The van der Waals surface area contributed by atoms with E-state index in [1.165, 1.54) is 0 Å². The number of imidazole rings is 1. The van der Waals surface area contributed by atoms with Gasteiger partial charge in [-0.25, -0.2) is 4.98 Å². The Morgan fingerprint density at radius 2 is 1.66 bits per heavy atom. The van der Waals surface area contributed by atoms with Crippen LogP contribution in [0.2, 0.25) is 15.1 Å². The highest BCUT2D eigenvalue weighted by Gasteiger charge is 2.11. The topological polar surface area (TPSA) is 90.0 Å². The highest BCUT2D eigenvalue weighted by molar-refractivity contribution is 6.35. The second kappa shape index (κ2) is 17.3. The maximum atomic E-state index is 12.4. The summed E-state index contributed by atoms with van der Waals surface area (Å²) in [7, 11) is 0. The predicted octanol–water partition coefficient (Wildman–Crippen LogP) is 8.56. The maximum absolute atomic E-state index is 12.4. The van der Waals surface area contributed by atoms with Gasteiger partial charge in [-0.05, 0) is 80.6 Å². The minimum absolute atomic E-state index is 0.210. The van der Waals surface area contributed by atoms with Crippen molar-refractivity contribution in [2.75, 3.05) is 11.9 Å². The first-order valence-corrected chi connectivity index (χ1v) is 14.0. The molecule has 0 bridgehead atoms. The van der Waals surface area contributed by atoms with Gasteiger partial charge in [0, 0.05) is 49.7 Å². The number of carbonyl (C=O) groups excluding carboxylic acids is 1. The van der Waals surface area contributed by atoms with Crippen molar-refractivity contribution in [3.8, 4) is 23.7 Å². The molecule has 0 aliphatic heterocycles. The first-order chi connectivity index (χ1) is 19.7. The zero-order valence-corrected chi connectivity index (χ0v) is 25.6. The second-order valence-electron chi connectivity index (χ2n) is 8.30. The van der Waals surface area contributed by atoms with Crippen LogP contribution in [0.15, 0.2) is 72.8 Å². The number of rotatable bonds is 8. The quantitative estimate of drug-likeness (QED) is 0.119. The van der Waals surface area contributed by atoms with Crippen molar-refractivity contribution in [3.63, 3.8) is 0 Å². The lowest BCUT2D eigenvalue weighted by atomic mass is 10.1. The average molecular weight is 612 g/mol. The van der Waals surface area contributed by atoms with Gasteiger partial charge in [-0.2, -0.15) is 0 Å². The SMILES string of the molecule is C#CC.CC.Cc1[nH]c(-c2ccc(NC(=O)c3ccc(Cl)cc3)cc2)nc1/C=C\CNC(O)c1ccc(Cl)cc1Cl. The van der Waals surface area contributed by atoms with Crippen molar-refractivity contribution in [1.82, 2.24) is 15.3 Å². The Labute approximate surface area is 256 Å². The maximum Gasteiger partial charge on any atom is 0.255 e. The summed E-state index contributed by atoms with van der Waals surface area (Å²) in [6, 6.07) is 19.1.